The molecule has 1 amide bonds. The van der Waals surface area contributed by atoms with Gasteiger partial charge in [0.05, 0.1) is 25.2 Å². The third-order valence-corrected chi connectivity index (χ3v) is 10.1. The first kappa shape index (κ1) is 51.8. The lowest BCUT2D eigenvalue weighted by Crippen LogP contribution is -2.46. The summed E-state index contributed by atoms with van der Waals surface area (Å²) in [5, 5.41) is 23.6. The maximum atomic E-state index is 13.1. The van der Waals surface area contributed by atoms with Gasteiger partial charge in [0.15, 0.2) is 0 Å². The van der Waals surface area contributed by atoms with Gasteiger partial charge in [-0.1, -0.05) is 179 Å². The first-order valence-electron chi connectivity index (χ1n) is 22.9. The van der Waals surface area contributed by atoms with Crippen LogP contribution in [0.4, 0.5) is 0 Å². The van der Waals surface area contributed by atoms with E-state index in [4.69, 9.17) is 4.74 Å². The van der Waals surface area contributed by atoms with E-state index in [-0.39, 0.29) is 24.9 Å². The molecule has 0 aromatic heterocycles. The van der Waals surface area contributed by atoms with Crippen molar-refractivity contribution in [3.05, 3.63) is 48.6 Å². The van der Waals surface area contributed by atoms with Crippen LogP contribution in [0.2, 0.25) is 0 Å². The smallest absolute Gasteiger partial charge is 0.306 e. The highest BCUT2D eigenvalue weighted by atomic mass is 16.5. The maximum absolute atomic E-state index is 13.1. The minimum absolute atomic E-state index is 0.0607. The van der Waals surface area contributed by atoms with E-state index in [1.165, 1.54) is 77.0 Å². The zero-order valence-electron chi connectivity index (χ0n) is 35.6. The van der Waals surface area contributed by atoms with Crippen molar-refractivity contribution in [3.8, 4) is 0 Å². The Morgan fingerprint density at radius 2 is 1.02 bits per heavy atom. The number of ether oxygens (including phenoxy) is 1. The van der Waals surface area contributed by atoms with Gasteiger partial charge in [0.25, 0.3) is 0 Å². The second-order valence-corrected chi connectivity index (χ2v) is 15.4. The van der Waals surface area contributed by atoms with E-state index in [2.05, 4.69) is 74.7 Å². The predicted molar refractivity (Wildman–Crippen MR) is 232 cm³/mol. The molecule has 0 aromatic rings. The summed E-state index contributed by atoms with van der Waals surface area (Å²) in [4.78, 5) is 25.9. The number of carbonyl (C=O) groups is 2. The number of aliphatic hydroxyl groups excluding tert-OH is 2. The molecule has 0 saturated carbocycles. The van der Waals surface area contributed by atoms with Crippen LogP contribution in [0.25, 0.3) is 0 Å². The number of rotatable bonds is 40. The molecule has 0 saturated heterocycles. The van der Waals surface area contributed by atoms with Crippen LogP contribution < -0.4 is 5.32 Å². The predicted octanol–water partition coefficient (Wildman–Crippen LogP) is 13.1. The molecule has 0 fully saturated rings. The number of esters is 1. The molecule has 6 nitrogen and oxygen atoms in total. The van der Waals surface area contributed by atoms with Crippen molar-refractivity contribution < 1.29 is 24.5 Å². The van der Waals surface area contributed by atoms with Crippen LogP contribution in [0.1, 0.15) is 220 Å². The first-order chi connectivity index (χ1) is 26.5. The number of amides is 1. The zero-order chi connectivity index (χ0) is 39.6. The van der Waals surface area contributed by atoms with Crippen molar-refractivity contribution in [2.24, 2.45) is 0 Å². The number of hydrogen-bond donors (Lipinski definition) is 3. The molecule has 0 aliphatic rings. The van der Waals surface area contributed by atoms with E-state index in [1.807, 2.05) is 0 Å². The molecule has 0 radical (unpaired) electrons. The van der Waals surface area contributed by atoms with Gasteiger partial charge < -0.3 is 20.3 Å². The number of unbranched alkanes of at least 4 members (excludes halogenated alkanes) is 20. The number of hydrogen-bond acceptors (Lipinski definition) is 5. The quantitative estimate of drug-likeness (QED) is 0.0329. The molecule has 6 heteroatoms. The molecule has 0 bridgehead atoms. The van der Waals surface area contributed by atoms with E-state index in [9.17, 15) is 19.8 Å². The molecule has 0 aliphatic carbocycles. The van der Waals surface area contributed by atoms with Crippen LogP contribution in [-0.4, -0.2) is 46.9 Å². The van der Waals surface area contributed by atoms with Crippen molar-refractivity contribution in [1.29, 1.82) is 0 Å². The van der Waals surface area contributed by atoms with Crippen LogP contribution in [0.5, 0.6) is 0 Å². The Kier molecular flexibility index (Phi) is 40.3. The summed E-state index contributed by atoms with van der Waals surface area (Å²) in [6.07, 6.45) is 48.9. The molecule has 0 aromatic carbocycles. The van der Waals surface area contributed by atoms with E-state index in [1.54, 1.807) is 0 Å². The largest absolute Gasteiger partial charge is 0.462 e. The van der Waals surface area contributed by atoms with Crippen molar-refractivity contribution in [3.63, 3.8) is 0 Å². The van der Waals surface area contributed by atoms with Gasteiger partial charge in [-0.15, -0.1) is 0 Å². The van der Waals surface area contributed by atoms with Gasteiger partial charge in [0.2, 0.25) is 5.91 Å². The second kappa shape index (κ2) is 42.0. The Bertz CT molecular complexity index is 941. The molecule has 0 rings (SSSR count). The fraction of sp³-hybridized carbons (Fsp3) is 0.792. The summed E-state index contributed by atoms with van der Waals surface area (Å²) < 4.78 is 5.88. The minimum Gasteiger partial charge on any atom is -0.462 e. The molecular weight excluding hydrogens is 671 g/mol. The Balaban J connectivity index is 4.54. The Morgan fingerprint density at radius 1 is 0.556 bits per heavy atom. The average molecular weight is 758 g/mol. The van der Waals surface area contributed by atoms with E-state index in [0.29, 0.717) is 19.3 Å². The Labute approximate surface area is 334 Å². The summed E-state index contributed by atoms with van der Waals surface area (Å²) in [7, 11) is 0. The zero-order valence-corrected chi connectivity index (χ0v) is 35.6. The van der Waals surface area contributed by atoms with Crippen LogP contribution in [0.3, 0.4) is 0 Å². The van der Waals surface area contributed by atoms with Crippen LogP contribution in [0.15, 0.2) is 48.6 Å². The first-order valence-corrected chi connectivity index (χ1v) is 22.9. The summed E-state index contributed by atoms with van der Waals surface area (Å²) in [5.74, 6) is -0.508. The van der Waals surface area contributed by atoms with E-state index in [0.717, 1.165) is 96.3 Å². The molecule has 314 valence electrons. The summed E-state index contributed by atoms with van der Waals surface area (Å²) >= 11 is 0. The van der Waals surface area contributed by atoms with Gasteiger partial charge in [-0.05, 0) is 77.0 Å². The van der Waals surface area contributed by atoms with Gasteiger partial charge in [0.1, 0.15) is 6.10 Å². The van der Waals surface area contributed by atoms with Crippen LogP contribution >= 0.6 is 0 Å². The Hall–Kier alpha value is -2.18. The molecular formula is C48H87NO5. The number of aliphatic hydroxyl groups is 2. The normalized spacial score (nSPS) is 13.8. The molecule has 0 spiro atoms. The van der Waals surface area contributed by atoms with Crippen molar-refractivity contribution in [2.75, 3.05) is 6.61 Å². The second-order valence-electron chi connectivity index (χ2n) is 15.4. The van der Waals surface area contributed by atoms with E-state index >= 15 is 0 Å². The van der Waals surface area contributed by atoms with Crippen molar-refractivity contribution in [2.45, 2.75) is 238 Å². The molecule has 3 N–H and O–H groups in total. The monoisotopic (exact) mass is 758 g/mol. The lowest BCUT2D eigenvalue weighted by Gasteiger charge is -2.24. The Morgan fingerprint density at radius 3 is 1.61 bits per heavy atom. The average Bonchev–Trinajstić information content (AvgIpc) is 3.16. The summed E-state index contributed by atoms with van der Waals surface area (Å²) in [6.45, 7) is 6.29. The highest BCUT2D eigenvalue weighted by molar-refractivity contribution is 5.77. The highest BCUT2D eigenvalue weighted by Gasteiger charge is 2.24. The van der Waals surface area contributed by atoms with Gasteiger partial charge >= 0.3 is 5.97 Å². The molecule has 3 unspecified atom stereocenters. The van der Waals surface area contributed by atoms with Crippen molar-refractivity contribution >= 4 is 11.9 Å². The lowest BCUT2D eigenvalue weighted by molar-refractivity contribution is -0.151. The number of carbonyl (C=O) groups excluding carboxylic acids is 2. The number of allylic oxidation sites excluding steroid dienone is 8. The molecule has 54 heavy (non-hydrogen) atoms. The number of nitrogens with one attached hydrogen (secondary N) is 1. The van der Waals surface area contributed by atoms with Gasteiger partial charge in [-0.2, -0.15) is 0 Å². The van der Waals surface area contributed by atoms with Gasteiger partial charge in [-0.25, -0.2) is 0 Å². The highest BCUT2D eigenvalue weighted by Crippen LogP contribution is 2.17. The lowest BCUT2D eigenvalue weighted by atomic mass is 10.0. The van der Waals surface area contributed by atoms with E-state index < -0.39 is 18.2 Å². The maximum Gasteiger partial charge on any atom is 0.306 e. The third-order valence-electron chi connectivity index (χ3n) is 10.1. The standard InChI is InChI=1S/C48H87NO5/c1-4-7-10-13-16-19-21-22-23-24-25-26-29-32-35-38-41-48(53)54-44(39-36-33-30-27-18-15-12-9-6-3)42-47(52)49-45(43-50)46(51)40-37-34-31-28-20-17-14-11-8-5-2/h7,10,15-16,18-19,22-23,44-46,50-51H,4-6,8-9,11-14,17,20-21,24-43H2,1-3H3,(H,49,52)/b10-7+,18-15-,19-16+,23-22+. The van der Waals surface area contributed by atoms with Gasteiger partial charge in [-0.3, -0.25) is 9.59 Å². The minimum atomic E-state index is -0.791. The molecule has 0 aliphatic heterocycles. The molecule has 0 heterocycles. The van der Waals surface area contributed by atoms with Crippen molar-refractivity contribution in [1.82, 2.24) is 5.32 Å². The van der Waals surface area contributed by atoms with Crippen LogP contribution in [0, 0.1) is 0 Å². The fourth-order valence-corrected chi connectivity index (χ4v) is 6.66. The van der Waals surface area contributed by atoms with Crippen LogP contribution in [-0.2, 0) is 14.3 Å². The fourth-order valence-electron chi connectivity index (χ4n) is 6.66. The van der Waals surface area contributed by atoms with Gasteiger partial charge in [0, 0.05) is 6.42 Å². The molecule has 3 atom stereocenters. The SMILES string of the molecule is CC/C=C/C/C=C/C/C=C/CCCCCCCCC(=O)OC(CCCCC/C=C\CCCC)CC(=O)NC(CO)C(O)CCCCCCCCCCCC. The summed E-state index contributed by atoms with van der Waals surface area (Å²) in [5.41, 5.74) is 0. The third kappa shape index (κ3) is 36.8. The summed E-state index contributed by atoms with van der Waals surface area (Å²) in [6, 6.07) is -0.706. The topological polar surface area (TPSA) is 95.9 Å².